The van der Waals surface area contributed by atoms with Gasteiger partial charge in [0.25, 0.3) is 6.33 Å². The van der Waals surface area contributed by atoms with Crippen molar-refractivity contribution in [3.63, 3.8) is 0 Å². The van der Waals surface area contributed by atoms with Crippen LogP contribution in [-0.2, 0) is 5.41 Å². The van der Waals surface area contributed by atoms with Crippen molar-refractivity contribution < 1.29 is 36.7 Å². The zero-order chi connectivity index (χ0) is 75.1. The topological polar surface area (TPSA) is 40.8 Å². The lowest BCUT2D eigenvalue weighted by atomic mass is 9.84. The molecule has 6 nitrogen and oxygen atoms in total. The summed E-state index contributed by atoms with van der Waals surface area (Å²) in [6, 6.07) is 47.5. The molecule has 6 heteroatoms. The summed E-state index contributed by atoms with van der Waals surface area (Å²) in [5, 5.41) is 3.60. The Kier molecular flexibility index (Phi) is 7.78. The largest absolute Gasteiger partial charge is 0.458 e. The average Bonchev–Trinajstić information content (AvgIpc) is 1.47. The van der Waals surface area contributed by atoms with Crippen molar-refractivity contribution in [2.24, 2.45) is 0 Å². The predicted octanol–water partition coefficient (Wildman–Crippen LogP) is 20.3. The number of hydrogen-bond donors (Lipinski definition) is 0. The molecule has 16 rings (SSSR count). The van der Waals surface area contributed by atoms with E-state index < -0.39 is 126 Å². The molecule has 11 aromatic carbocycles. The number of para-hydroxylation sites is 3. The van der Waals surface area contributed by atoms with E-state index >= 15 is 0 Å². The van der Waals surface area contributed by atoms with Crippen molar-refractivity contribution in [2.45, 2.75) is 53.6 Å². The highest BCUT2D eigenvalue weighted by Crippen LogP contribution is 2.49. The summed E-state index contributed by atoms with van der Waals surface area (Å²) in [5.41, 5.74) is -0.887. The Labute approximate surface area is 528 Å². The third-order valence-electron chi connectivity index (χ3n) is 16.6. The van der Waals surface area contributed by atoms with Gasteiger partial charge in [-0.3, -0.25) is 13.7 Å². The second-order valence-corrected chi connectivity index (χ2v) is 22.7. The molecule has 0 aliphatic carbocycles. The molecule has 0 radical (unpaired) electrons. The monoisotopic (exact) mass is 1130 g/mol. The lowest BCUT2D eigenvalue weighted by Gasteiger charge is -2.23. The minimum atomic E-state index is -3.17. The number of hydrogen-bond acceptors (Lipinski definition) is 2. The second-order valence-electron chi connectivity index (χ2n) is 22.7. The van der Waals surface area contributed by atoms with Crippen LogP contribution in [0.3, 0.4) is 0 Å². The van der Waals surface area contributed by atoms with E-state index in [0.717, 1.165) is 38.1 Å². The van der Waals surface area contributed by atoms with Crippen molar-refractivity contribution in [3.05, 3.63) is 277 Å². The first kappa shape index (κ1) is 34.3. The van der Waals surface area contributed by atoms with Gasteiger partial charge in [0, 0.05) is 55.9 Å². The van der Waals surface area contributed by atoms with Gasteiger partial charge >= 0.3 is 0 Å². The predicted molar refractivity (Wildman–Crippen MR) is 355 cm³/mol. The van der Waals surface area contributed by atoms with Gasteiger partial charge in [0.05, 0.1) is 55.4 Å². The maximum absolute atomic E-state index is 10.3. The smallest absolute Gasteiger partial charge is 0.269 e. The molecule has 86 heavy (non-hydrogen) atoms. The van der Waals surface area contributed by atoms with Gasteiger partial charge in [-0.15, -0.1) is 0 Å². The summed E-state index contributed by atoms with van der Waals surface area (Å²) in [4.78, 5) is 4.88. The minimum Gasteiger partial charge on any atom is -0.458 e. The van der Waals surface area contributed by atoms with Crippen LogP contribution in [0.15, 0.2) is 243 Å². The molecule has 0 saturated carbocycles. The van der Waals surface area contributed by atoms with Crippen LogP contribution in [0.1, 0.15) is 76.0 Å². The van der Waals surface area contributed by atoms with Crippen molar-refractivity contribution in [2.75, 3.05) is 0 Å². The quantitative estimate of drug-likeness (QED) is 0.118. The molecule has 4 aromatic heterocycles. The fourth-order valence-electron chi connectivity index (χ4n) is 12.7. The van der Waals surface area contributed by atoms with Crippen LogP contribution in [0.25, 0.3) is 133 Å². The summed E-state index contributed by atoms with van der Waals surface area (Å²) in [6.07, 6.45) is 5.37. The first-order valence-electron chi connectivity index (χ1n) is 38.1. The molecule has 0 amide bonds. The van der Waals surface area contributed by atoms with Gasteiger partial charge in [0.1, 0.15) is 17.3 Å². The van der Waals surface area contributed by atoms with E-state index in [9.17, 15) is 19.2 Å². The molecule has 412 valence electrons. The zero-order valence-corrected chi connectivity index (χ0v) is 46.6. The molecule has 0 unspecified atom stereocenters. The van der Waals surface area contributed by atoms with E-state index in [1.807, 2.05) is 102 Å². The summed E-state index contributed by atoms with van der Waals surface area (Å²) < 4.78 is 203. The molecule has 1 aliphatic heterocycles. The van der Waals surface area contributed by atoms with Crippen LogP contribution in [-0.4, -0.2) is 18.7 Å². The normalized spacial score (nSPS) is 16.1. The Morgan fingerprint density at radius 1 is 0.453 bits per heavy atom. The third kappa shape index (κ3) is 8.00. The molecule has 0 N–H and O–H groups in total. The maximum atomic E-state index is 10.3. The van der Waals surface area contributed by atoms with Crippen molar-refractivity contribution >= 4 is 54.6 Å². The zero-order valence-electron chi connectivity index (χ0n) is 66.6. The standard InChI is InChI=1S/C80H61N5O/c1-49-21-18-22-50(2)76(49)53-41-67-61-29-10-8-27-59(61)60-28-9-11-30-62(60)68-45-56(84-70-34-15-12-31-63(70)64-32-13-16-35-71(64)84)46-74-79(68)83(78(67)69(42-53)77-51(3)23-19-24-52(77)4)48-82(74)55-25-20-26-57(44-55)86-58-37-38-66-65-33-14-17-36-72(65)85(73(66)47-58)75-43-54(39-40-81-75)80(5,6)7/h8-47H,1-7H3/i1D3,2D3,3D3,4D3,8D,9D,10D,11D,27D,28D,29D,30D. The number of aryl methyl sites for hydroxylation is 4. The van der Waals surface area contributed by atoms with Crippen LogP contribution in [0.5, 0.6) is 11.5 Å². The maximum Gasteiger partial charge on any atom is 0.269 e. The van der Waals surface area contributed by atoms with Gasteiger partial charge in [0.15, 0.2) is 0 Å². The Hall–Kier alpha value is -10.6. The third-order valence-corrected chi connectivity index (χ3v) is 16.6. The van der Waals surface area contributed by atoms with Gasteiger partial charge in [0.2, 0.25) is 0 Å². The van der Waals surface area contributed by atoms with Gasteiger partial charge in [-0.25, -0.2) is 4.98 Å². The number of aromatic nitrogens is 5. The Morgan fingerprint density at radius 3 is 1.63 bits per heavy atom. The summed E-state index contributed by atoms with van der Waals surface area (Å²) in [5.74, 6) is 1.43. The van der Waals surface area contributed by atoms with Crippen LogP contribution >= 0.6 is 0 Å². The van der Waals surface area contributed by atoms with Crippen LogP contribution < -0.4 is 9.30 Å². The molecular weight excluding hydrogens is 1050 g/mol. The van der Waals surface area contributed by atoms with E-state index in [0.29, 0.717) is 39.7 Å². The number of ether oxygens (including phenoxy) is 1. The van der Waals surface area contributed by atoms with Gasteiger partial charge in [-0.2, -0.15) is 0 Å². The van der Waals surface area contributed by atoms with Crippen LogP contribution in [0.2, 0.25) is 0 Å². The van der Waals surface area contributed by atoms with Gasteiger partial charge in [-0.1, -0.05) is 166 Å². The highest BCUT2D eigenvalue weighted by molar-refractivity contribution is 6.11. The Morgan fingerprint density at radius 2 is 1.00 bits per heavy atom. The van der Waals surface area contributed by atoms with E-state index in [4.69, 9.17) is 17.9 Å². The minimum absolute atomic E-state index is 0.00353. The van der Waals surface area contributed by atoms with E-state index in [1.165, 1.54) is 53.1 Å². The summed E-state index contributed by atoms with van der Waals surface area (Å²) in [6.45, 7) is -6.12. The molecule has 0 saturated heterocycles. The molecule has 0 fully saturated rings. The average molecular weight is 1130 g/mol. The van der Waals surface area contributed by atoms with Crippen molar-refractivity contribution in [3.8, 4) is 90.0 Å². The lowest BCUT2D eigenvalue weighted by Crippen LogP contribution is -2.32. The van der Waals surface area contributed by atoms with Crippen molar-refractivity contribution in [1.29, 1.82) is 0 Å². The van der Waals surface area contributed by atoms with Crippen LogP contribution in [0, 0.1) is 33.7 Å². The number of imidazole rings is 1. The van der Waals surface area contributed by atoms with E-state index in [-0.39, 0.29) is 50.0 Å². The molecule has 0 spiro atoms. The Balaban J connectivity index is 1.10. The van der Waals surface area contributed by atoms with E-state index in [1.54, 1.807) is 41.1 Å². The number of nitrogens with zero attached hydrogens (tertiary/aromatic N) is 5. The number of pyridine rings is 1. The second kappa shape index (κ2) is 19.5. The molecule has 15 aromatic rings. The number of benzene rings is 11. The number of rotatable bonds is 7. The molecule has 1 aliphatic rings. The first-order chi connectivity index (χ1) is 50.1. The lowest BCUT2D eigenvalue weighted by molar-refractivity contribution is -0.570. The Bertz CT molecular complexity index is 6170. The SMILES string of the molecule is [2H]c1c([2H])c([2H])c2c(c1[2H])-c1cc(-c3c(C([2H])([2H])[2H])cccc3C([2H])([2H])[2H])cc(-c3c(C([2H])([2H])[2H])cccc3C([2H])([2H])[2H])c1-[n+]1[c-]n(-c3cccc(Oc4ccc5c6ccccc6n(-c6cc(C(C)(C)C)ccn6)c5c4)c3)c3cc(-n4c5ccccc5c5ccccc54)cc(c31)-c1c([2H])c([2H])c([2H])c([2H])c1-2. The van der Waals surface area contributed by atoms with Crippen LogP contribution in [0.4, 0.5) is 0 Å². The molecule has 0 bridgehead atoms. The molecule has 5 heterocycles. The molecule has 0 atom stereocenters. The number of fused-ring (bicyclic) bond motifs is 13. The highest BCUT2D eigenvalue weighted by atomic mass is 16.5. The summed E-state index contributed by atoms with van der Waals surface area (Å²) in [7, 11) is 0. The summed E-state index contributed by atoms with van der Waals surface area (Å²) >= 11 is 0. The van der Waals surface area contributed by atoms with Gasteiger partial charge in [-0.05, 0) is 201 Å². The first-order valence-corrected chi connectivity index (χ1v) is 28.1. The molecular formula is C80H61N5O. The van der Waals surface area contributed by atoms with Gasteiger partial charge < -0.3 is 9.30 Å². The highest BCUT2D eigenvalue weighted by Gasteiger charge is 2.30. The van der Waals surface area contributed by atoms with E-state index in [2.05, 4.69) is 43.8 Å². The fourth-order valence-corrected chi connectivity index (χ4v) is 12.7. The van der Waals surface area contributed by atoms with Crippen molar-refractivity contribution in [1.82, 2.24) is 18.7 Å². The fraction of sp³-hybridized carbons (Fsp3) is 0.100.